The van der Waals surface area contributed by atoms with Crippen LogP contribution in [0, 0.1) is 11.8 Å². The fourth-order valence-corrected chi connectivity index (χ4v) is 5.56. The van der Waals surface area contributed by atoms with Crippen molar-refractivity contribution in [2.75, 3.05) is 6.54 Å². The third-order valence-electron chi connectivity index (χ3n) is 8.42. The van der Waals surface area contributed by atoms with Gasteiger partial charge in [-0.25, -0.2) is 0 Å². The van der Waals surface area contributed by atoms with Crippen LogP contribution in [0.3, 0.4) is 0 Å². The van der Waals surface area contributed by atoms with Crippen molar-refractivity contribution >= 4 is 47.3 Å². The number of hydrogen-bond donors (Lipinski definition) is 9. The molecular formula is C33H51N9O9. The smallest absolute Gasteiger partial charge is 0.246 e. The Bertz CT molecular complexity index is 1450. The Hall–Kier alpha value is -5.26. The van der Waals surface area contributed by atoms with Gasteiger partial charge >= 0.3 is 0 Å². The van der Waals surface area contributed by atoms with E-state index < -0.39 is 95.8 Å². The van der Waals surface area contributed by atoms with Gasteiger partial charge in [0, 0.05) is 19.4 Å². The zero-order valence-electron chi connectivity index (χ0n) is 29.3. The Balaban J connectivity index is 2.33. The van der Waals surface area contributed by atoms with Crippen LogP contribution in [0.2, 0.25) is 0 Å². The van der Waals surface area contributed by atoms with Gasteiger partial charge in [-0.3, -0.25) is 38.4 Å². The van der Waals surface area contributed by atoms with Crippen LogP contribution in [0.5, 0.6) is 5.75 Å². The van der Waals surface area contributed by atoms with E-state index in [1.807, 2.05) is 0 Å². The number of likely N-dealkylation sites (tertiary alicyclic amines) is 1. The molecule has 8 amide bonds. The summed E-state index contributed by atoms with van der Waals surface area (Å²) in [5, 5.41) is 20.1. The third kappa shape index (κ3) is 12.9. The van der Waals surface area contributed by atoms with Gasteiger partial charge in [-0.2, -0.15) is 0 Å². The second-order valence-corrected chi connectivity index (χ2v) is 13.3. The maximum atomic E-state index is 13.8. The number of hydrogen-bond acceptors (Lipinski definition) is 10. The van der Waals surface area contributed by atoms with E-state index in [0.717, 1.165) is 0 Å². The minimum absolute atomic E-state index is 0.0268. The maximum Gasteiger partial charge on any atom is 0.246 e. The molecule has 6 atom stereocenters. The number of phenolic OH excluding ortho intramolecular Hbond substituents is 1. The van der Waals surface area contributed by atoms with Gasteiger partial charge in [-0.15, -0.1) is 0 Å². The highest BCUT2D eigenvalue weighted by atomic mass is 16.3. The number of aromatic hydroxyl groups is 1. The van der Waals surface area contributed by atoms with Gasteiger partial charge in [-0.1, -0.05) is 39.8 Å². The summed E-state index contributed by atoms with van der Waals surface area (Å²) in [6.45, 7) is 6.84. The standard InChI is InChI=1S/C33H51N9O9/c1-16(2)26(28(37)46)40-32(50)27(17(3)4)41-30(48)21(14-18-7-9-19(43)10-8-18)38-31(49)23-6-5-13-42(23)33(51)22(15-25(36)45)39-29(47)20(34)11-12-24(35)44/h7-10,16-17,20-23,26-27,43H,5-6,11-15,34H2,1-4H3,(H2,35,44)(H2,36,45)(H2,37,46)(H,38,49)(H,39,47)(H,40,50)(H,41,48)/t20-,21-,22-,23-,26-,27-/m0/s1. The largest absolute Gasteiger partial charge is 0.508 e. The fraction of sp³-hybridized carbons (Fsp3) is 0.576. The van der Waals surface area contributed by atoms with Gasteiger partial charge in [0.15, 0.2) is 0 Å². The molecule has 1 fully saturated rings. The minimum atomic E-state index is -1.47. The van der Waals surface area contributed by atoms with E-state index in [9.17, 15) is 43.5 Å². The van der Waals surface area contributed by atoms with E-state index in [1.165, 1.54) is 17.0 Å². The lowest BCUT2D eigenvalue weighted by Crippen LogP contribution is -2.60. The molecule has 51 heavy (non-hydrogen) atoms. The molecule has 1 aliphatic heterocycles. The Morgan fingerprint density at radius 1 is 0.784 bits per heavy atom. The molecule has 0 spiro atoms. The molecular weight excluding hydrogens is 666 g/mol. The van der Waals surface area contributed by atoms with Crippen molar-refractivity contribution in [2.24, 2.45) is 34.8 Å². The molecule has 2 rings (SSSR count). The first kappa shape index (κ1) is 41.9. The molecule has 0 aliphatic carbocycles. The molecule has 1 aromatic carbocycles. The number of nitrogens with one attached hydrogen (secondary N) is 4. The molecule has 1 heterocycles. The molecule has 0 unspecified atom stereocenters. The lowest BCUT2D eigenvalue weighted by molar-refractivity contribution is -0.143. The van der Waals surface area contributed by atoms with E-state index in [0.29, 0.717) is 12.0 Å². The van der Waals surface area contributed by atoms with Gasteiger partial charge in [0.2, 0.25) is 47.3 Å². The van der Waals surface area contributed by atoms with Crippen molar-refractivity contribution in [3.05, 3.63) is 29.8 Å². The van der Waals surface area contributed by atoms with E-state index >= 15 is 0 Å². The van der Waals surface area contributed by atoms with E-state index in [4.69, 9.17) is 22.9 Å². The molecule has 0 bridgehead atoms. The third-order valence-corrected chi connectivity index (χ3v) is 8.42. The number of benzene rings is 1. The van der Waals surface area contributed by atoms with Crippen molar-refractivity contribution in [3.8, 4) is 5.75 Å². The Labute approximate surface area is 296 Å². The lowest BCUT2D eigenvalue weighted by Gasteiger charge is -2.31. The summed E-state index contributed by atoms with van der Waals surface area (Å²) in [4.78, 5) is 103. The number of nitrogens with two attached hydrogens (primary N) is 4. The average molecular weight is 718 g/mol. The molecule has 0 aromatic heterocycles. The average Bonchev–Trinajstić information content (AvgIpc) is 3.54. The monoisotopic (exact) mass is 717 g/mol. The number of nitrogens with zero attached hydrogens (tertiary/aromatic N) is 1. The first-order valence-electron chi connectivity index (χ1n) is 16.7. The number of phenols is 1. The summed E-state index contributed by atoms with van der Waals surface area (Å²) in [5.41, 5.74) is 22.3. The Kier molecular flexibility index (Phi) is 15.8. The van der Waals surface area contributed by atoms with Crippen molar-refractivity contribution < 1.29 is 43.5 Å². The minimum Gasteiger partial charge on any atom is -0.508 e. The molecule has 13 N–H and O–H groups in total. The van der Waals surface area contributed by atoms with Crippen LogP contribution in [0.25, 0.3) is 0 Å². The van der Waals surface area contributed by atoms with Crippen molar-refractivity contribution in [1.82, 2.24) is 26.2 Å². The second kappa shape index (κ2) is 19.2. The lowest BCUT2D eigenvalue weighted by atomic mass is 9.98. The molecule has 282 valence electrons. The van der Waals surface area contributed by atoms with Crippen LogP contribution in [-0.4, -0.2) is 100 Å². The molecule has 0 saturated carbocycles. The van der Waals surface area contributed by atoms with Crippen LogP contribution in [-0.2, 0) is 44.8 Å². The zero-order chi connectivity index (χ0) is 38.6. The van der Waals surface area contributed by atoms with Crippen LogP contribution in [0.1, 0.15) is 65.4 Å². The van der Waals surface area contributed by atoms with E-state index in [2.05, 4.69) is 21.3 Å². The van der Waals surface area contributed by atoms with Crippen molar-refractivity contribution in [1.29, 1.82) is 0 Å². The van der Waals surface area contributed by atoms with Crippen molar-refractivity contribution in [2.45, 2.75) is 102 Å². The summed E-state index contributed by atoms with van der Waals surface area (Å²) in [7, 11) is 0. The molecule has 1 saturated heterocycles. The van der Waals surface area contributed by atoms with Crippen LogP contribution in [0.4, 0.5) is 0 Å². The maximum absolute atomic E-state index is 13.8. The number of rotatable bonds is 19. The topological polar surface area (TPSA) is 312 Å². The SMILES string of the molecule is CC(C)[C@H](NC(=O)[C@@H](NC(=O)[C@H](Cc1ccc(O)cc1)NC(=O)[C@@H]1CCCN1C(=O)[C@H](CC(N)=O)NC(=O)[C@@H](N)CCC(N)=O)C(C)C)C(N)=O. The predicted molar refractivity (Wildman–Crippen MR) is 183 cm³/mol. The van der Waals surface area contributed by atoms with Gasteiger partial charge < -0.3 is 54.2 Å². The highest BCUT2D eigenvalue weighted by Gasteiger charge is 2.40. The first-order valence-corrected chi connectivity index (χ1v) is 16.7. The van der Waals surface area contributed by atoms with E-state index in [1.54, 1.807) is 39.8 Å². The normalized spacial score (nSPS) is 17.1. The molecule has 18 nitrogen and oxygen atoms in total. The van der Waals surface area contributed by atoms with Crippen LogP contribution in [0.15, 0.2) is 24.3 Å². The summed E-state index contributed by atoms with van der Waals surface area (Å²) in [5.74, 6) is -6.90. The highest BCUT2D eigenvalue weighted by Crippen LogP contribution is 2.21. The number of amides is 8. The van der Waals surface area contributed by atoms with Crippen LogP contribution >= 0.6 is 0 Å². The number of carbonyl (C=O) groups excluding carboxylic acids is 8. The molecule has 18 heteroatoms. The quantitative estimate of drug-likeness (QED) is 0.0704. The van der Waals surface area contributed by atoms with Crippen LogP contribution < -0.4 is 44.2 Å². The summed E-state index contributed by atoms with van der Waals surface area (Å²) >= 11 is 0. The molecule has 1 aromatic rings. The van der Waals surface area contributed by atoms with E-state index in [-0.39, 0.29) is 43.9 Å². The number of primary amides is 3. The summed E-state index contributed by atoms with van der Waals surface area (Å²) in [6.07, 6.45) is -0.423. The number of carbonyl (C=O) groups is 8. The fourth-order valence-electron chi connectivity index (χ4n) is 5.56. The van der Waals surface area contributed by atoms with Crippen molar-refractivity contribution in [3.63, 3.8) is 0 Å². The molecule has 0 radical (unpaired) electrons. The second-order valence-electron chi connectivity index (χ2n) is 13.3. The summed E-state index contributed by atoms with van der Waals surface area (Å²) in [6, 6.07) is -1.33. The van der Waals surface area contributed by atoms with Gasteiger partial charge in [0.1, 0.15) is 36.0 Å². The van der Waals surface area contributed by atoms with Gasteiger partial charge in [0.25, 0.3) is 0 Å². The Morgan fingerprint density at radius 3 is 1.90 bits per heavy atom. The molecule has 1 aliphatic rings. The summed E-state index contributed by atoms with van der Waals surface area (Å²) < 4.78 is 0. The predicted octanol–water partition coefficient (Wildman–Crippen LogP) is -2.87. The highest BCUT2D eigenvalue weighted by molar-refractivity contribution is 5.98. The van der Waals surface area contributed by atoms with Gasteiger partial charge in [-0.05, 0) is 48.8 Å². The first-order chi connectivity index (χ1) is 23.8. The zero-order valence-corrected chi connectivity index (χ0v) is 29.3. The Morgan fingerprint density at radius 2 is 1.37 bits per heavy atom. The van der Waals surface area contributed by atoms with Gasteiger partial charge in [0.05, 0.1) is 12.5 Å².